The van der Waals surface area contributed by atoms with Crippen molar-refractivity contribution in [3.8, 4) is 44.6 Å². The van der Waals surface area contributed by atoms with Gasteiger partial charge in [-0.2, -0.15) is 0 Å². The number of rotatable bonds is 2. The SMILES string of the molecule is c1ccc(-c2cc(-c3ccc4c(c3)-c3c(ccc5oc6ccccc6c35)C43c4ccccc4C4(c5ccccc5-c5ccccc54)c4ccccc43)nc3ccccc23)cc1. The Morgan fingerprint density at radius 3 is 1.54 bits per heavy atom. The van der Waals surface area contributed by atoms with Crippen LogP contribution < -0.4 is 0 Å². The summed E-state index contributed by atoms with van der Waals surface area (Å²) in [6.07, 6.45) is 0. The maximum atomic E-state index is 6.68. The van der Waals surface area contributed by atoms with E-state index < -0.39 is 10.8 Å². The molecule has 61 heavy (non-hydrogen) atoms. The van der Waals surface area contributed by atoms with Crippen LogP contribution in [0.2, 0.25) is 0 Å². The standard InChI is InChI=1S/C59H35NO/c1-2-16-36(17-3-1)42-35-53(60-52-28-14-6-20-40(42)52)37-30-31-46-43(34-37)56-51(32-33-55-57(56)41-21-7-15-29-54(41)61-55)59(46)49-26-12-10-24-47(49)58(48-25-11-13-27-50(48)59)44-22-8-4-18-38(44)39-19-5-9-23-45(39)58/h1-35H. The van der Waals surface area contributed by atoms with Gasteiger partial charge in [-0.15, -0.1) is 0 Å². The predicted octanol–water partition coefficient (Wildman–Crippen LogP) is 14.5. The largest absolute Gasteiger partial charge is 0.456 e. The highest BCUT2D eigenvalue weighted by atomic mass is 16.3. The summed E-state index contributed by atoms with van der Waals surface area (Å²) >= 11 is 0. The van der Waals surface area contributed by atoms with Crippen molar-refractivity contribution in [2.75, 3.05) is 0 Å². The fourth-order valence-electron chi connectivity index (χ4n) is 11.9. The Bertz CT molecular complexity index is 3570. The van der Waals surface area contributed by atoms with Crippen molar-refractivity contribution in [3.05, 3.63) is 257 Å². The minimum atomic E-state index is -0.618. The molecule has 3 aliphatic carbocycles. The molecule has 11 aromatic rings. The molecule has 2 aromatic heterocycles. The molecule has 14 rings (SSSR count). The molecule has 2 heterocycles. The van der Waals surface area contributed by atoms with Crippen molar-refractivity contribution in [2.45, 2.75) is 10.8 Å². The summed E-state index contributed by atoms with van der Waals surface area (Å²) in [7, 11) is 0. The summed E-state index contributed by atoms with van der Waals surface area (Å²) in [6.45, 7) is 0. The summed E-state index contributed by atoms with van der Waals surface area (Å²) in [4.78, 5) is 5.36. The summed E-state index contributed by atoms with van der Waals surface area (Å²) in [5.41, 5.74) is 21.7. The van der Waals surface area contributed by atoms with Crippen LogP contribution in [-0.2, 0) is 10.8 Å². The Morgan fingerprint density at radius 2 is 0.852 bits per heavy atom. The lowest BCUT2D eigenvalue weighted by molar-refractivity contribution is 0.632. The van der Waals surface area contributed by atoms with Crippen molar-refractivity contribution in [2.24, 2.45) is 0 Å². The summed E-state index contributed by atoms with van der Waals surface area (Å²) in [5.74, 6) is 0. The normalized spacial score (nSPS) is 14.5. The molecule has 0 radical (unpaired) electrons. The lowest BCUT2D eigenvalue weighted by Gasteiger charge is -2.48. The van der Waals surface area contributed by atoms with Crippen molar-refractivity contribution >= 4 is 32.8 Å². The highest BCUT2D eigenvalue weighted by molar-refractivity contribution is 6.16. The van der Waals surface area contributed by atoms with Crippen LogP contribution in [0.3, 0.4) is 0 Å². The zero-order valence-corrected chi connectivity index (χ0v) is 33.1. The maximum absolute atomic E-state index is 6.68. The van der Waals surface area contributed by atoms with Crippen LogP contribution in [0, 0.1) is 0 Å². The molecule has 0 atom stereocenters. The highest BCUT2D eigenvalue weighted by Crippen LogP contribution is 2.68. The number of pyridine rings is 1. The Balaban J connectivity index is 1.12. The zero-order valence-electron chi connectivity index (χ0n) is 33.1. The number of fused-ring (bicyclic) bond motifs is 21. The molecule has 3 aliphatic rings. The number of furan rings is 1. The van der Waals surface area contributed by atoms with Gasteiger partial charge >= 0.3 is 0 Å². The molecule has 2 spiro atoms. The lowest BCUT2D eigenvalue weighted by atomic mass is 9.52. The molecule has 282 valence electrons. The van der Waals surface area contributed by atoms with E-state index >= 15 is 0 Å². The molecule has 0 saturated carbocycles. The van der Waals surface area contributed by atoms with E-state index in [2.05, 4.69) is 212 Å². The average Bonchev–Trinajstić information content (AvgIpc) is 3.96. The smallest absolute Gasteiger partial charge is 0.136 e. The topological polar surface area (TPSA) is 26.0 Å². The van der Waals surface area contributed by atoms with Crippen LogP contribution in [0.25, 0.3) is 77.5 Å². The van der Waals surface area contributed by atoms with Crippen LogP contribution in [-0.4, -0.2) is 4.98 Å². The first-order chi connectivity index (χ1) is 30.3. The van der Waals surface area contributed by atoms with Crippen LogP contribution in [0.4, 0.5) is 0 Å². The minimum Gasteiger partial charge on any atom is -0.456 e. The molecule has 2 nitrogen and oxygen atoms in total. The van der Waals surface area contributed by atoms with Crippen LogP contribution in [0.1, 0.15) is 44.5 Å². The lowest BCUT2D eigenvalue weighted by Crippen LogP contribution is -2.43. The van der Waals surface area contributed by atoms with E-state index in [4.69, 9.17) is 9.40 Å². The molecular formula is C59H35NO. The summed E-state index contributed by atoms with van der Waals surface area (Å²) in [6, 6.07) is 78.5. The quantitative estimate of drug-likeness (QED) is 0.175. The van der Waals surface area contributed by atoms with Crippen LogP contribution in [0.15, 0.2) is 217 Å². The second-order valence-corrected chi connectivity index (χ2v) is 16.8. The second-order valence-electron chi connectivity index (χ2n) is 16.8. The first kappa shape index (κ1) is 33.1. The van der Waals surface area contributed by atoms with E-state index in [1.165, 1.54) is 77.9 Å². The van der Waals surface area contributed by atoms with Gasteiger partial charge in [0, 0.05) is 21.7 Å². The van der Waals surface area contributed by atoms with Gasteiger partial charge in [0.15, 0.2) is 0 Å². The molecule has 0 saturated heterocycles. The average molecular weight is 774 g/mol. The summed E-state index contributed by atoms with van der Waals surface area (Å²) in [5, 5.41) is 3.44. The van der Waals surface area contributed by atoms with Crippen molar-refractivity contribution < 1.29 is 4.42 Å². The maximum Gasteiger partial charge on any atom is 0.136 e. The van der Waals surface area contributed by atoms with Gasteiger partial charge in [0.1, 0.15) is 11.2 Å². The second kappa shape index (κ2) is 11.9. The Morgan fingerprint density at radius 1 is 0.328 bits per heavy atom. The van der Waals surface area contributed by atoms with Gasteiger partial charge in [-0.3, -0.25) is 0 Å². The first-order valence-corrected chi connectivity index (χ1v) is 21.2. The molecule has 2 heteroatoms. The monoisotopic (exact) mass is 773 g/mol. The van der Waals surface area contributed by atoms with E-state index in [-0.39, 0.29) is 0 Å². The first-order valence-electron chi connectivity index (χ1n) is 21.2. The fraction of sp³-hybridized carbons (Fsp3) is 0.0339. The van der Waals surface area contributed by atoms with E-state index in [1.807, 2.05) is 0 Å². The number of hydrogen-bond donors (Lipinski definition) is 0. The molecule has 0 aliphatic heterocycles. The third-order valence-electron chi connectivity index (χ3n) is 14.2. The molecule has 0 bridgehead atoms. The van der Waals surface area contributed by atoms with Crippen LogP contribution >= 0.6 is 0 Å². The molecule has 0 unspecified atom stereocenters. The van der Waals surface area contributed by atoms with Gasteiger partial charge in [-0.1, -0.05) is 182 Å². The highest BCUT2D eigenvalue weighted by Gasteiger charge is 2.59. The Hall–Kier alpha value is -7.81. The number of aromatic nitrogens is 1. The third kappa shape index (κ3) is 4.05. The van der Waals surface area contributed by atoms with Gasteiger partial charge in [-0.05, 0) is 108 Å². The van der Waals surface area contributed by atoms with Gasteiger partial charge in [0.25, 0.3) is 0 Å². The van der Waals surface area contributed by atoms with Crippen molar-refractivity contribution in [3.63, 3.8) is 0 Å². The van der Waals surface area contributed by atoms with Crippen LogP contribution in [0.5, 0.6) is 0 Å². The van der Waals surface area contributed by atoms with E-state index in [9.17, 15) is 0 Å². The van der Waals surface area contributed by atoms with Crippen molar-refractivity contribution in [1.82, 2.24) is 4.98 Å². The zero-order chi connectivity index (χ0) is 39.9. The fourth-order valence-corrected chi connectivity index (χ4v) is 11.9. The van der Waals surface area contributed by atoms with E-state index in [0.29, 0.717) is 0 Å². The number of hydrogen-bond acceptors (Lipinski definition) is 2. The molecule has 9 aromatic carbocycles. The molecular weight excluding hydrogens is 739 g/mol. The third-order valence-corrected chi connectivity index (χ3v) is 14.2. The van der Waals surface area contributed by atoms with Crippen molar-refractivity contribution in [1.29, 1.82) is 0 Å². The molecule has 0 fully saturated rings. The number of nitrogens with zero attached hydrogens (tertiary/aromatic N) is 1. The summed E-state index contributed by atoms with van der Waals surface area (Å²) < 4.78 is 6.68. The number of para-hydroxylation sites is 2. The Labute approximate surface area is 353 Å². The van der Waals surface area contributed by atoms with Gasteiger partial charge in [-0.25, -0.2) is 4.98 Å². The van der Waals surface area contributed by atoms with Gasteiger partial charge < -0.3 is 4.42 Å². The Kier molecular flexibility index (Phi) is 6.45. The van der Waals surface area contributed by atoms with Gasteiger partial charge in [0.05, 0.1) is 22.0 Å². The van der Waals surface area contributed by atoms with E-state index in [1.54, 1.807) is 0 Å². The van der Waals surface area contributed by atoms with Gasteiger partial charge in [0.2, 0.25) is 0 Å². The van der Waals surface area contributed by atoms with E-state index in [0.717, 1.165) is 44.1 Å². The molecule has 0 amide bonds. The number of benzene rings is 9. The minimum absolute atomic E-state index is 0.496. The predicted molar refractivity (Wildman–Crippen MR) is 248 cm³/mol. The molecule has 0 N–H and O–H groups in total.